The molecule has 3 rings (SSSR count). The molecule has 0 unspecified atom stereocenters. The molecule has 2 heterocycles. The summed E-state index contributed by atoms with van der Waals surface area (Å²) < 4.78 is 83.2. The summed E-state index contributed by atoms with van der Waals surface area (Å²) in [5.41, 5.74) is -0.777. The predicted octanol–water partition coefficient (Wildman–Crippen LogP) is 4.64. The lowest BCUT2D eigenvalue weighted by atomic mass is 10.2. The number of halogens is 6. The maximum absolute atomic E-state index is 12.5. The van der Waals surface area contributed by atoms with E-state index < -0.39 is 24.0 Å². The molecule has 28 heavy (non-hydrogen) atoms. The molecule has 0 saturated carbocycles. The van der Waals surface area contributed by atoms with Crippen LogP contribution in [0.5, 0.6) is 17.5 Å². The van der Waals surface area contributed by atoms with E-state index in [-0.39, 0.29) is 23.0 Å². The van der Waals surface area contributed by atoms with E-state index in [4.69, 9.17) is 4.74 Å². The highest BCUT2D eigenvalue weighted by Crippen LogP contribution is 2.29. The monoisotopic (exact) mass is 402 g/mol. The van der Waals surface area contributed by atoms with Crippen LogP contribution >= 0.6 is 0 Å². The van der Waals surface area contributed by atoms with Gasteiger partial charge in [0.15, 0.2) is 5.69 Å². The zero-order valence-electron chi connectivity index (χ0n) is 13.5. The molecule has 0 saturated heterocycles. The van der Waals surface area contributed by atoms with Crippen molar-refractivity contribution in [1.82, 2.24) is 20.2 Å². The molecule has 2 aromatic heterocycles. The lowest BCUT2D eigenvalue weighted by molar-refractivity contribution is -0.274. The Morgan fingerprint density at radius 2 is 1.46 bits per heavy atom. The predicted molar refractivity (Wildman–Crippen MR) is 81.3 cm³/mol. The lowest BCUT2D eigenvalue weighted by Crippen LogP contribution is -2.17. The third-order valence-electron chi connectivity index (χ3n) is 3.13. The molecule has 0 N–H and O–H groups in total. The summed E-state index contributed by atoms with van der Waals surface area (Å²) in [4.78, 5) is 7.68. The molecule has 0 aliphatic heterocycles. The number of aromatic nitrogens is 4. The molecule has 0 radical (unpaired) electrons. The molecule has 0 aliphatic rings. The number of hydrogen-bond donors (Lipinski definition) is 0. The number of hydrogen-bond acceptors (Lipinski definition) is 6. The van der Waals surface area contributed by atoms with Crippen molar-refractivity contribution in [3.05, 3.63) is 54.5 Å². The van der Waals surface area contributed by atoms with Gasteiger partial charge in [0.1, 0.15) is 11.5 Å². The maximum Gasteiger partial charge on any atom is 0.573 e. The number of ether oxygens (including phenoxy) is 2. The fourth-order valence-electron chi connectivity index (χ4n) is 1.98. The molecule has 0 atom stereocenters. The number of rotatable bonds is 4. The largest absolute Gasteiger partial charge is 0.573 e. The van der Waals surface area contributed by atoms with E-state index in [2.05, 4.69) is 24.9 Å². The molecule has 0 bridgehead atoms. The van der Waals surface area contributed by atoms with Crippen LogP contribution in [0, 0.1) is 0 Å². The topological polar surface area (TPSA) is 70.0 Å². The minimum absolute atomic E-state index is 0.0104. The van der Waals surface area contributed by atoms with Gasteiger partial charge in [-0.1, -0.05) is 6.07 Å². The van der Waals surface area contributed by atoms with Crippen LogP contribution in [0.25, 0.3) is 11.3 Å². The number of alkyl halides is 6. The Labute approximate surface area is 152 Å². The zero-order valence-corrected chi connectivity index (χ0v) is 13.5. The summed E-state index contributed by atoms with van der Waals surface area (Å²) in [6, 6.07) is 6.39. The molecular weight excluding hydrogens is 394 g/mol. The average molecular weight is 402 g/mol. The van der Waals surface area contributed by atoms with Crippen LogP contribution in [-0.4, -0.2) is 26.5 Å². The Kier molecular flexibility index (Phi) is 5.03. The summed E-state index contributed by atoms with van der Waals surface area (Å²) in [5, 5.41) is 6.55. The van der Waals surface area contributed by atoms with Gasteiger partial charge in [-0.3, -0.25) is 0 Å². The maximum atomic E-state index is 12.5. The third-order valence-corrected chi connectivity index (χ3v) is 3.13. The minimum Gasteiger partial charge on any atom is -0.424 e. The van der Waals surface area contributed by atoms with E-state index in [9.17, 15) is 26.3 Å². The molecule has 0 fully saturated rings. The fraction of sp³-hybridized carbons (Fsp3) is 0.125. The van der Waals surface area contributed by atoms with E-state index in [0.29, 0.717) is 0 Å². The smallest absolute Gasteiger partial charge is 0.424 e. The molecule has 1 aromatic carbocycles. The normalized spacial score (nSPS) is 11.9. The third kappa shape index (κ3) is 5.05. The molecular formula is C16H8F6N4O2. The second kappa shape index (κ2) is 7.29. The summed E-state index contributed by atoms with van der Waals surface area (Å²) in [5.74, 6) is -0.495. The quantitative estimate of drug-likeness (QED) is 0.592. The van der Waals surface area contributed by atoms with Gasteiger partial charge in [-0.25, -0.2) is 9.97 Å². The standard InChI is InChI=1S/C16H8F6N4O2/c17-15(18,19)13-5-4-12(25-26-13)9-7-23-14(24-8-9)27-10-2-1-3-11(6-10)28-16(20,21)22/h1-8H. The number of benzene rings is 1. The zero-order chi connectivity index (χ0) is 20.4. The first-order valence-corrected chi connectivity index (χ1v) is 7.37. The second-order valence-corrected chi connectivity index (χ2v) is 5.18. The van der Waals surface area contributed by atoms with Gasteiger partial charge in [0.05, 0.1) is 5.69 Å². The molecule has 6 nitrogen and oxygen atoms in total. The van der Waals surface area contributed by atoms with E-state index in [1.54, 1.807) is 0 Å². The second-order valence-electron chi connectivity index (χ2n) is 5.18. The van der Waals surface area contributed by atoms with Gasteiger partial charge in [0.2, 0.25) is 0 Å². The Hall–Kier alpha value is -3.44. The Balaban J connectivity index is 1.72. The van der Waals surface area contributed by atoms with Crippen molar-refractivity contribution in [3.63, 3.8) is 0 Å². The van der Waals surface area contributed by atoms with Crippen LogP contribution in [0.4, 0.5) is 26.3 Å². The van der Waals surface area contributed by atoms with Gasteiger partial charge >= 0.3 is 18.5 Å². The van der Waals surface area contributed by atoms with Gasteiger partial charge in [-0.2, -0.15) is 13.2 Å². The first kappa shape index (κ1) is 19.3. The number of nitrogens with zero attached hydrogens (tertiary/aromatic N) is 4. The van der Waals surface area contributed by atoms with Crippen LogP contribution in [0.15, 0.2) is 48.8 Å². The van der Waals surface area contributed by atoms with E-state index >= 15 is 0 Å². The van der Waals surface area contributed by atoms with Crippen molar-refractivity contribution < 1.29 is 35.8 Å². The molecule has 12 heteroatoms. The van der Waals surface area contributed by atoms with Gasteiger partial charge in [0, 0.05) is 24.0 Å². The van der Waals surface area contributed by atoms with Gasteiger partial charge in [-0.15, -0.1) is 23.4 Å². The SMILES string of the molecule is FC(F)(F)Oc1cccc(Oc2ncc(-c3ccc(C(F)(F)F)nn3)cn2)c1. The Bertz CT molecular complexity index is 943. The van der Waals surface area contributed by atoms with Gasteiger partial charge in [-0.05, 0) is 24.3 Å². The molecule has 0 spiro atoms. The summed E-state index contributed by atoms with van der Waals surface area (Å²) in [6.07, 6.45) is -7.02. The van der Waals surface area contributed by atoms with E-state index in [0.717, 1.165) is 24.3 Å². The highest BCUT2D eigenvalue weighted by atomic mass is 19.4. The summed E-state index contributed by atoms with van der Waals surface area (Å²) in [6.45, 7) is 0. The van der Waals surface area contributed by atoms with Crippen LogP contribution in [0.2, 0.25) is 0 Å². The first-order chi connectivity index (χ1) is 13.1. The van der Waals surface area contributed by atoms with Crippen molar-refractivity contribution in [2.45, 2.75) is 12.5 Å². The van der Waals surface area contributed by atoms with Crippen molar-refractivity contribution >= 4 is 0 Å². The lowest BCUT2D eigenvalue weighted by Gasteiger charge is -2.10. The van der Waals surface area contributed by atoms with Crippen molar-refractivity contribution in [2.75, 3.05) is 0 Å². The first-order valence-electron chi connectivity index (χ1n) is 7.37. The Morgan fingerprint density at radius 3 is 2.04 bits per heavy atom. The molecule has 146 valence electrons. The van der Waals surface area contributed by atoms with Crippen LogP contribution < -0.4 is 9.47 Å². The van der Waals surface area contributed by atoms with Crippen LogP contribution in [0.1, 0.15) is 5.69 Å². The average Bonchev–Trinajstić information content (AvgIpc) is 2.61. The molecule has 3 aromatic rings. The molecule has 0 amide bonds. The summed E-state index contributed by atoms with van der Waals surface area (Å²) >= 11 is 0. The van der Waals surface area contributed by atoms with Crippen molar-refractivity contribution in [2.24, 2.45) is 0 Å². The minimum atomic E-state index is -4.85. The van der Waals surface area contributed by atoms with Crippen molar-refractivity contribution in [3.8, 4) is 28.8 Å². The van der Waals surface area contributed by atoms with Gasteiger partial charge < -0.3 is 9.47 Å². The van der Waals surface area contributed by atoms with Crippen LogP contribution in [-0.2, 0) is 6.18 Å². The Morgan fingerprint density at radius 1 is 0.786 bits per heavy atom. The highest BCUT2D eigenvalue weighted by Gasteiger charge is 2.33. The summed E-state index contributed by atoms with van der Waals surface area (Å²) in [7, 11) is 0. The fourth-order valence-corrected chi connectivity index (χ4v) is 1.98. The molecule has 0 aliphatic carbocycles. The van der Waals surface area contributed by atoms with E-state index in [1.807, 2.05) is 0 Å². The van der Waals surface area contributed by atoms with Crippen molar-refractivity contribution in [1.29, 1.82) is 0 Å². The van der Waals surface area contributed by atoms with Crippen LogP contribution in [0.3, 0.4) is 0 Å². The van der Waals surface area contributed by atoms with E-state index in [1.165, 1.54) is 24.5 Å². The van der Waals surface area contributed by atoms with Gasteiger partial charge in [0.25, 0.3) is 0 Å². The highest BCUT2D eigenvalue weighted by molar-refractivity contribution is 5.56.